The number of esters is 2. The molecule has 0 radical (unpaired) electrons. The number of ether oxygens (including phenoxy) is 6. The number of aliphatic hydroxyl groups is 7. The van der Waals surface area contributed by atoms with Gasteiger partial charge >= 0.3 is 11.9 Å². The Morgan fingerprint density at radius 2 is 0.926 bits per heavy atom. The van der Waals surface area contributed by atoms with Gasteiger partial charge in [-0.1, -0.05) is 131 Å². The molecule has 68 heavy (non-hydrogen) atoms. The fourth-order valence-corrected chi connectivity index (χ4v) is 7.22. The van der Waals surface area contributed by atoms with Gasteiger partial charge in [-0.25, -0.2) is 0 Å². The van der Waals surface area contributed by atoms with Crippen LogP contribution in [0, 0.1) is 0 Å². The summed E-state index contributed by atoms with van der Waals surface area (Å²) in [6.07, 6.45) is 30.4. The van der Waals surface area contributed by atoms with Gasteiger partial charge in [-0.15, -0.1) is 0 Å². The second-order valence-corrected chi connectivity index (χ2v) is 17.3. The van der Waals surface area contributed by atoms with Crippen molar-refractivity contribution in [2.45, 2.75) is 210 Å². The second-order valence-electron chi connectivity index (χ2n) is 17.3. The van der Waals surface area contributed by atoms with Gasteiger partial charge < -0.3 is 64.2 Å². The fraction of sp³-hybridized carbons (Fsp3) is 0.698. The van der Waals surface area contributed by atoms with E-state index in [2.05, 4.69) is 98.9 Å². The summed E-state index contributed by atoms with van der Waals surface area (Å²) in [6, 6.07) is 0. The highest BCUT2D eigenvalue weighted by Gasteiger charge is 2.47. The van der Waals surface area contributed by atoms with Crippen LogP contribution < -0.4 is 0 Å². The molecule has 2 aliphatic rings. The maximum atomic E-state index is 13.0. The Morgan fingerprint density at radius 3 is 1.47 bits per heavy atom. The third-order valence-electron chi connectivity index (χ3n) is 11.3. The molecule has 0 aromatic rings. The Bertz CT molecular complexity index is 1510. The first kappa shape index (κ1) is 60.8. The molecule has 2 fully saturated rings. The molecule has 0 aliphatic carbocycles. The monoisotopic (exact) mass is 963 g/mol. The molecule has 15 nitrogen and oxygen atoms in total. The highest BCUT2D eigenvalue weighted by molar-refractivity contribution is 5.70. The zero-order valence-corrected chi connectivity index (χ0v) is 40.8. The van der Waals surface area contributed by atoms with Gasteiger partial charge in [0.2, 0.25) is 0 Å². The minimum Gasteiger partial charge on any atom is -0.462 e. The van der Waals surface area contributed by atoms with Crippen molar-refractivity contribution in [2.75, 3.05) is 26.4 Å². The van der Waals surface area contributed by atoms with Crippen molar-refractivity contribution >= 4 is 11.9 Å². The Hall–Kier alpha value is -3.32. The number of carbonyl (C=O) groups is 2. The lowest BCUT2D eigenvalue weighted by atomic mass is 9.98. The zero-order chi connectivity index (χ0) is 49.6. The first-order valence-electron chi connectivity index (χ1n) is 25.2. The van der Waals surface area contributed by atoms with Crippen LogP contribution in [0.2, 0.25) is 0 Å². The molecule has 0 saturated carbocycles. The van der Waals surface area contributed by atoms with Gasteiger partial charge in [0.15, 0.2) is 18.7 Å². The number of hydrogen-bond acceptors (Lipinski definition) is 15. The predicted molar refractivity (Wildman–Crippen MR) is 261 cm³/mol. The van der Waals surface area contributed by atoms with E-state index in [1.807, 2.05) is 0 Å². The molecule has 11 unspecified atom stereocenters. The summed E-state index contributed by atoms with van der Waals surface area (Å²) in [5.41, 5.74) is 0. The largest absolute Gasteiger partial charge is 0.462 e. The normalized spacial score (nSPS) is 26.5. The summed E-state index contributed by atoms with van der Waals surface area (Å²) >= 11 is 0. The standard InChI is InChI=1S/C53H86O15/c1-3-5-7-9-11-13-15-17-18-19-20-21-22-24-26-28-30-32-34-36-45(56)66-41(38-63-44(55)35-33-31-29-27-25-23-16-14-12-10-8-6-4-2)39-64-52-51(62)49(60)47(58)43(68-52)40-65-53-50(61)48(59)46(57)42(37-54)67-53/h5,7-8,10-11,13-14,16-18,20-21,24,26,41-43,46-54,57-62H,3-4,6,9,12,15,19,22-23,25,27-40H2,1-2H3/b7-5-,10-8-,13-11-,16-14-,18-17-,21-20-,26-24-. The lowest BCUT2D eigenvalue weighted by Crippen LogP contribution is -2.61. The second kappa shape index (κ2) is 39.4. The number of aliphatic hydroxyl groups excluding tert-OH is 7. The van der Waals surface area contributed by atoms with Crippen LogP contribution in [0.25, 0.3) is 0 Å². The third-order valence-corrected chi connectivity index (χ3v) is 11.3. The van der Waals surface area contributed by atoms with Crippen molar-refractivity contribution < 1.29 is 73.8 Å². The minimum absolute atomic E-state index is 0.118. The Labute approximate surface area is 405 Å². The van der Waals surface area contributed by atoms with Crippen LogP contribution in [0.15, 0.2) is 85.1 Å². The Balaban J connectivity index is 1.84. The molecule has 11 atom stereocenters. The highest BCUT2D eigenvalue weighted by Crippen LogP contribution is 2.26. The first-order chi connectivity index (χ1) is 33.0. The molecule has 388 valence electrons. The van der Waals surface area contributed by atoms with E-state index in [0.717, 1.165) is 103 Å². The molecule has 2 aliphatic heterocycles. The highest BCUT2D eigenvalue weighted by atomic mass is 16.7. The predicted octanol–water partition coefficient (Wildman–Crippen LogP) is 6.82. The SMILES string of the molecule is CC/C=C\C/C=C\C/C=C\C/C=C\C/C=C\CCCCCC(=O)OC(COC(=O)CCCCCCC/C=C\C/C=C\CCC)COC1OC(COC2OC(CO)C(O)C(O)C2O)C(O)C(O)C1O. The molecule has 0 aromatic carbocycles. The van der Waals surface area contributed by atoms with Gasteiger partial charge in [0.05, 0.1) is 19.8 Å². The summed E-state index contributed by atoms with van der Waals surface area (Å²) in [5.74, 6) is -0.989. The molecular weight excluding hydrogens is 877 g/mol. The van der Waals surface area contributed by atoms with E-state index >= 15 is 0 Å². The Kier molecular flexibility index (Phi) is 35.2. The number of unbranched alkanes of at least 4 members (excludes halogenated alkanes) is 9. The quantitative estimate of drug-likeness (QED) is 0.0193. The van der Waals surface area contributed by atoms with Gasteiger partial charge in [0.25, 0.3) is 0 Å². The Morgan fingerprint density at radius 1 is 0.485 bits per heavy atom. The molecule has 2 saturated heterocycles. The molecule has 0 aromatic heterocycles. The van der Waals surface area contributed by atoms with Crippen LogP contribution in [0.3, 0.4) is 0 Å². The number of carbonyl (C=O) groups excluding carboxylic acids is 2. The maximum Gasteiger partial charge on any atom is 0.306 e. The average molecular weight is 963 g/mol. The van der Waals surface area contributed by atoms with E-state index in [0.29, 0.717) is 12.8 Å². The summed E-state index contributed by atoms with van der Waals surface area (Å²) in [6.45, 7) is 2.33. The van der Waals surface area contributed by atoms with E-state index < -0.39 is 99.3 Å². The van der Waals surface area contributed by atoms with Gasteiger partial charge in [0.1, 0.15) is 55.4 Å². The third kappa shape index (κ3) is 27.2. The number of hydrogen-bond donors (Lipinski definition) is 7. The smallest absolute Gasteiger partial charge is 0.306 e. The average Bonchev–Trinajstić information content (AvgIpc) is 3.33. The zero-order valence-electron chi connectivity index (χ0n) is 40.8. The van der Waals surface area contributed by atoms with E-state index in [4.69, 9.17) is 28.4 Å². The van der Waals surface area contributed by atoms with Crippen molar-refractivity contribution in [3.05, 3.63) is 85.1 Å². The fourth-order valence-electron chi connectivity index (χ4n) is 7.22. The van der Waals surface area contributed by atoms with Gasteiger partial charge in [-0.2, -0.15) is 0 Å². The van der Waals surface area contributed by atoms with Crippen LogP contribution >= 0.6 is 0 Å². The molecule has 2 heterocycles. The molecule has 0 bridgehead atoms. The minimum atomic E-state index is -1.78. The van der Waals surface area contributed by atoms with Crippen molar-refractivity contribution in [1.29, 1.82) is 0 Å². The lowest BCUT2D eigenvalue weighted by molar-refractivity contribution is -0.332. The molecule has 0 spiro atoms. The van der Waals surface area contributed by atoms with E-state index in [1.54, 1.807) is 0 Å². The molecule has 15 heteroatoms. The van der Waals surface area contributed by atoms with Gasteiger partial charge in [-0.3, -0.25) is 9.59 Å². The van der Waals surface area contributed by atoms with Crippen LogP contribution in [-0.2, 0) is 38.0 Å². The molecular formula is C53H86O15. The summed E-state index contributed by atoms with van der Waals surface area (Å²) < 4.78 is 33.5. The van der Waals surface area contributed by atoms with Crippen LogP contribution in [0.1, 0.15) is 142 Å². The van der Waals surface area contributed by atoms with Crippen molar-refractivity contribution in [3.63, 3.8) is 0 Å². The maximum absolute atomic E-state index is 13.0. The van der Waals surface area contributed by atoms with Crippen molar-refractivity contribution in [2.24, 2.45) is 0 Å². The number of rotatable bonds is 37. The molecule has 0 amide bonds. The molecule has 7 N–H and O–H groups in total. The molecule has 2 rings (SSSR count). The summed E-state index contributed by atoms with van der Waals surface area (Å²) in [4.78, 5) is 25.7. The van der Waals surface area contributed by atoms with E-state index in [-0.39, 0.29) is 19.4 Å². The summed E-state index contributed by atoms with van der Waals surface area (Å²) in [7, 11) is 0. The number of allylic oxidation sites excluding steroid dienone is 14. The van der Waals surface area contributed by atoms with Crippen LogP contribution in [0.5, 0.6) is 0 Å². The van der Waals surface area contributed by atoms with Gasteiger partial charge in [0, 0.05) is 12.8 Å². The lowest BCUT2D eigenvalue weighted by Gasteiger charge is -2.42. The summed E-state index contributed by atoms with van der Waals surface area (Å²) in [5, 5.41) is 72.0. The van der Waals surface area contributed by atoms with Gasteiger partial charge in [-0.05, 0) is 83.5 Å². The van der Waals surface area contributed by atoms with Crippen molar-refractivity contribution in [1.82, 2.24) is 0 Å². The van der Waals surface area contributed by atoms with Crippen LogP contribution in [-0.4, -0.2) is 142 Å². The van der Waals surface area contributed by atoms with E-state index in [9.17, 15) is 45.3 Å². The van der Waals surface area contributed by atoms with E-state index in [1.165, 1.54) is 0 Å². The van der Waals surface area contributed by atoms with Crippen LogP contribution in [0.4, 0.5) is 0 Å². The first-order valence-corrected chi connectivity index (χ1v) is 25.2. The van der Waals surface area contributed by atoms with Crippen molar-refractivity contribution in [3.8, 4) is 0 Å². The topological polar surface area (TPSA) is 231 Å².